The van der Waals surface area contributed by atoms with E-state index < -0.39 is 23.1 Å². The third kappa shape index (κ3) is 12.8. The number of esters is 2. The Balaban J connectivity index is 0.000000176. The van der Waals surface area contributed by atoms with Gasteiger partial charge in [0.25, 0.3) is 5.91 Å². The molecule has 424 valence electrons. The van der Waals surface area contributed by atoms with Crippen LogP contribution < -0.4 is 20.4 Å². The lowest BCUT2D eigenvalue weighted by Crippen LogP contribution is -2.60. The van der Waals surface area contributed by atoms with Crippen LogP contribution in [0, 0.1) is 0 Å². The van der Waals surface area contributed by atoms with Crippen molar-refractivity contribution in [1.82, 2.24) is 30.4 Å². The molecule has 0 radical (unpaired) electrons. The molecule has 2 amide bonds. The van der Waals surface area contributed by atoms with E-state index in [2.05, 4.69) is 53.1 Å². The molecule has 19 heteroatoms. The highest BCUT2D eigenvalue weighted by Crippen LogP contribution is 2.39. The van der Waals surface area contributed by atoms with E-state index in [1.165, 1.54) is 26.4 Å². The van der Waals surface area contributed by atoms with E-state index >= 15 is 0 Å². The Bertz CT molecular complexity index is 2910. The van der Waals surface area contributed by atoms with E-state index in [1.807, 2.05) is 30.3 Å². The molecular weight excluding hydrogens is 1050 g/mol. The summed E-state index contributed by atoms with van der Waals surface area (Å²) in [5.74, 6) is -0.955. The maximum absolute atomic E-state index is 13.8. The number of carbonyl (C=O) groups excluding carboxylic acids is 4. The highest BCUT2D eigenvalue weighted by Gasteiger charge is 2.47. The Morgan fingerprint density at radius 3 is 1.62 bits per heavy atom. The predicted molar refractivity (Wildman–Crippen MR) is 311 cm³/mol. The highest BCUT2D eigenvalue weighted by molar-refractivity contribution is 7.14. The summed E-state index contributed by atoms with van der Waals surface area (Å²) >= 11 is 3.38. The number of hydrogen-bond donors (Lipinski definition) is 2. The van der Waals surface area contributed by atoms with E-state index in [0.29, 0.717) is 41.9 Å². The number of morpholine rings is 2. The summed E-state index contributed by atoms with van der Waals surface area (Å²) in [5.41, 5.74) is 4.10. The van der Waals surface area contributed by atoms with Crippen LogP contribution in [0.15, 0.2) is 94.6 Å². The van der Waals surface area contributed by atoms with Crippen LogP contribution in [0.2, 0.25) is 0 Å². The number of aromatic nitrogens is 2. The normalized spacial score (nSPS) is 21.4. The monoisotopic (exact) mass is 1130 g/mol. The van der Waals surface area contributed by atoms with Crippen LogP contribution in [0.3, 0.4) is 0 Å². The number of piperidine rings is 2. The molecule has 12 rings (SSSR count). The fourth-order valence-corrected chi connectivity index (χ4v) is 14.4. The lowest BCUT2D eigenvalue weighted by Gasteiger charge is -2.40. The Morgan fingerprint density at radius 2 is 1.11 bits per heavy atom. The Labute approximate surface area is 477 Å². The number of rotatable bonds is 13. The summed E-state index contributed by atoms with van der Waals surface area (Å²) in [7, 11) is 1.30. The number of anilines is 2. The molecule has 0 unspecified atom stereocenters. The molecule has 7 heterocycles. The molecule has 4 saturated heterocycles. The van der Waals surface area contributed by atoms with Crippen molar-refractivity contribution in [1.29, 1.82) is 0 Å². The maximum atomic E-state index is 13.8. The molecule has 2 aromatic heterocycles. The minimum atomic E-state index is -1.12. The van der Waals surface area contributed by atoms with Crippen molar-refractivity contribution in [3.63, 3.8) is 0 Å². The number of nitrogens with zero attached hydrogens (tertiary/aromatic N) is 7. The number of benzene rings is 3. The predicted octanol–water partition coefficient (Wildman–Crippen LogP) is 8.69. The number of carbonyl (C=O) groups is 4. The molecule has 80 heavy (non-hydrogen) atoms. The van der Waals surface area contributed by atoms with Gasteiger partial charge in [0.15, 0.2) is 21.8 Å². The summed E-state index contributed by atoms with van der Waals surface area (Å²) in [5, 5.41) is 12.3. The van der Waals surface area contributed by atoms with Crippen molar-refractivity contribution in [2.24, 2.45) is 4.99 Å². The van der Waals surface area contributed by atoms with Crippen molar-refractivity contribution in [3.05, 3.63) is 106 Å². The average molecular weight is 1130 g/mol. The first kappa shape index (κ1) is 55.8. The largest absolute Gasteiger partial charge is 0.467 e. The van der Waals surface area contributed by atoms with Gasteiger partial charge in [0.05, 0.1) is 44.9 Å². The number of ether oxygens (including phenoxy) is 4. The zero-order valence-electron chi connectivity index (χ0n) is 46.0. The van der Waals surface area contributed by atoms with Crippen LogP contribution in [-0.4, -0.2) is 158 Å². The van der Waals surface area contributed by atoms with Crippen LogP contribution in [0.5, 0.6) is 0 Å². The molecule has 2 aliphatic carbocycles. The molecule has 0 bridgehead atoms. The fraction of sp³-hybridized carbons (Fsp3) is 0.525. The van der Waals surface area contributed by atoms with Crippen molar-refractivity contribution in [3.8, 4) is 22.5 Å². The van der Waals surface area contributed by atoms with Crippen LogP contribution >= 0.6 is 22.7 Å². The van der Waals surface area contributed by atoms with Crippen LogP contribution in [0.1, 0.15) is 117 Å². The van der Waals surface area contributed by atoms with Crippen molar-refractivity contribution in [2.75, 3.05) is 95.7 Å². The summed E-state index contributed by atoms with van der Waals surface area (Å²) in [4.78, 5) is 77.1. The lowest BCUT2D eigenvalue weighted by molar-refractivity contribution is -0.146. The second kappa shape index (κ2) is 25.8. The number of amides is 2. The van der Waals surface area contributed by atoms with E-state index in [4.69, 9.17) is 33.9 Å². The van der Waals surface area contributed by atoms with Gasteiger partial charge in [-0.15, -0.1) is 22.7 Å². The van der Waals surface area contributed by atoms with Gasteiger partial charge in [-0.2, -0.15) is 0 Å². The lowest BCUT2D eigenvalue weighted by atomic mass is 9.80. The van der Waals surface area contributed by atoms with Crippen LogP contribution in [0.25, 0.3) is 22.5 Å². The number of hydrogen-bond acceptors (Lipinski definition) is 17. The van der Waals surface area contributed by atoms with Gasteiger partial charge in [-0.3, -0.25) is 19.4 Å². The van der Waals surface area contributed by atoms with Gasteiger partial charge in [0.1, 0.15) is 5.54 Å². The van der Waals surface area contributed by atoms with Crippen LogP contribution in [-0.2, 0) is 33.3 Å². The third-order valence-electron chi connectivity index (χ3n) is 17.4. The molecule has 1 atom stereocenters. The summed E-state index contributed by atoms with van der Waals surface area (Å²) in [6.45, 7) is 11.7. The minimum absolute atomic E-state index is 0.173. The summed E-state index contributed by atoms with van der Waals surface area (Å²) < 4.78 is 21.6. The summed E-state index contributed by atoms with van der Waals surface area (Å²) in [6.07, 6.45) is 13.1. The first-order chi connectivity index (χ1) is 39.2. The molecule has 17 nitrogen and oxygen atoms in total. The highest BCUT2D eigenvalue weighted by atomic mass is 32.1. The van der Waals surface area contributed by atoms with Crippen molar-refractivity contribution in [2.45, 2.75) is 119 Å². The first-order valence-corrected chi connectivity index (χ1v) is 30.8. The Hall–Kier alpha value is -6.09. The molecule has 3 aromatic carbocycles. The van der Waals surface area contributed by atoms with Gasteiger partial charge in [0.2, 0.25) is 11.8 Å². The molecule has 1 spiro atoms. The third-order valence-corrected chi connectivity index (χ3v) is 19.2. The second-order valence-corrected chi connectivity index (χ2v) is 23.9. The number of nitrogens with one attached hydrogen (secondary N) is 2. The number of cyclic esters (lactones) is 1. The first-order valence-electron chi connectivity index (χ1n) is 29.0. The quantitative estimate of drug-likeness (QED) is 0.107. The molecule has 5 aromatic rings. The molecule has 2 N–H and O–H groups in total. The standard InChI is InChI=1S/C35H43N5O5S.C26H32N4O3S/c1-44-32(42)30(26-8-4-2-5-9-26)37-33(43)35(16-6-3-7-17-35)38-31(41)27-12-10-25(11-13-27)29-24-46-34(36-29)40-18-14-28(15-19-40)39-20-22-45-23-21-39;31-24-26(10-2-1-3-11-26)28-23(33-24)20-6-4-19(5-7-20)22-18-34-25(27-22)30-12-8-21(9-13-30)29-14-16-32-17-15-29/h2,4-5,8-13,24,28,30H,3,6-7,14-23H2,1H3,(H,37,43)(H,38,41);4-7,18,21H,1-3,8-17H2/t30-;/m0./s1. The number of aliphatic imine (C=N–C) groups is 1. The zero-order chi connectivity index (χ0) is 54.9. The van der Waals surface area contributed by atoms with Gasteiger partial charge in [0, 0.05) is 97.5 Å². The van der Waals surface area contributed by atoms with Gasteiger partial charge in [-0.1, -0.05) is 93.1 Å². The number of thiazole rings is 2. The topological polar surface area (TPSA) is 180 Å². The van der Waals surface area contributed by atoms with E-state index in [-0.39, 0.29) is 17.8 Å². The molecular formula is C61H75N9O8S2. The molecule has 5 aliphatic heterocycles. The maximum Gasteiger partial charge on any atom is 0.340 e. The Morgan fingerprint density at radius 1 is 0.625 bits per heavy atom. The van der Waals surface area contributed by atoms with Crippen molar-refractivity contribution < 1.29 is 38.1 Å². The molecule has 7 aliphatic rings. The van der Waals surface area contributed by atoms with E-state index in [0.717, 1.165) is 175 Å². The smallest absolute Gasteiger partial charge is 0.340 e. The van der Waals surface area contributed by atoms with E-state index in [9.17, 15) is 19.2 Å². The molecule has 2 saturated carbocycles. The number of methoxy groups -OCH3 is 1. The average Bonchev–Trinajstić information content (AvgIpc) is 4.30. The zero-order valence-corrected chi connectivity index (χ0v) is 47.6. The fourth-order valence-electron chi connectivity index (χ4n) is 12.6. The van der Waals surface area contributed by atoms with Crippen LogP contribution in [0.4, 0.5) is 10.3 Å². The van der Waals surface area contributed by atoms with Gasteiger partial charge < -0.3 is 39.4 Å². The molecule has 6 fully saturated rings. The Kier molecular flexibility index (Phi) is 18.0. The van der Waals surface area contributed by atoms with Gasteiger partial charge in [-0.25, -0.2) is 24.5 Å². The van der Waals surface area contributed by atoms with Gasteiger partial charge in [-0.05, 0) is 81.2 Å². The minimum Gasteiger partial charge on any atom is -0.467 e. The SMILES string of the molecule is COC(=O)[C@@H](NC(=O)C1(NC(=O)c2ccc(-c3csc(N4CCC(N5CCOCC5)CC4)n3)cc2)CCCCC1)c1ccccc1.O=C1OC(c2ccc(-c3csc(N4CCC(N5CCOCC5)CC4)n3)cc2)=NC12CCCCC2. The van der Waals surface area contributed by atoms with Gasteiger partial charge >= 0.3 is 11.9 Å². The van der Waals surface area contributed by atoms with E-state index in [1.54, 1.807) is 59.1 Å². The second-order valence-electron chi connectivity index (χ2n) is 22.3. The summed E-state index contributed by atoms with van der Waals surface area (Å²) in [6, 6.07) is 24.8. The van der Waals surface area contributed by atoms with Crippen molar-refractivity contribution >= 4 is 62.6 Å².